The molecule has 0 amide bonds. The molecule has 0 heterocycles. The summed E-state index contributed by atoms with van der Waals surface area (Å²) in [4.78, 5) is 0. The Morgan fingerprint density at radius 3 is 2.00 bits per heavy atom. The first kappa shape index (κ1) is 12.6. The zero-order chi connectivity index (χ0) is 12.7. The largest absolute Gasteiger partial charge is 0.316 e. The van der Waals surface area contributed by atoms with Crippen molar-refractivity contribution in [1.29, 1.82) is 0 Å². The molecule has 0 radical (unpaired) electrons. The van der Waals surface area contributed by atoms with Gasteiger partial charge in [0.25, 0.3) is 0 Å². The molecule has 2 rings (SSSR count). The van der Waals surface area contributed by atoms with E-state index in [2.05, 4.69) is 70.4 Å². The summed E-state index contributed by atoms with van der Waals surface area (Å²) in [5, 5.41) is 3.52. The molecule has 1 N–H and O–H groups in total. The molecule has 1 atom stereocenters. The smallest absolute Gasteiger partial charge is 0.0143 e. The molecule has 0 spiro atoms. The van der Waals surface area contributed by atoms with E-state index in [1.165, 1.54) is 5.56 Å². The van der Waals surface area contributed by atoms with Gasteiger partial charge in [-0.1, -0.05) is 58.0 Å². The fourth-order valence-corrected chi connectivity index (χ4v) is 3.51. The summed E-state index contributed by atoms with van der Waals surface area (Å²) in [7, 11) is 2.10. The topological polar surface area (TPSA) is 12.0 Å². The first-order chi connectivity index (χ1) is 7.91. The fourth-order valence-electron chi connectivity index (χ4n) is 3.51. The predicted octanol–water partition coefficient (Wildman–Crippen LogP) is 3.50. The van der Waals surface area contributed by atoms with Crippen LogP contribution in [0.5, 0.6) is 0 Å². The molecule has 1 aliphatic rings. The molecule has 1 heteroatoms. The van der Waals surface area contributed by atoms with Crippen LogP contribution in [0.4, 0.5) is 0 Å². The highest BCUT2D eigenvalue weighted by atomic mass is 14.9. The number of hydrogen-bond acceptors (Lipinski definition) is 1. The van der Waals surface area contributed by atoms with Crippen LogP contribution >= 0.6 is 0 Å². The van der Waals surface area contributed by atoms with Crippen molar-refractivity contribution in [1.82, 2.24) is 5.32 Å². The molecular formula is C16H25N. The van der Waals surface area contributed by atoms with Gasteiger partial charge in [0.05, 0.1) is 0 Å². The molecule has 94 valence electrons. The minimum absolute atomic E-state index is 0.454. The van der Waals surface area contributed by atoms with Gasteiger partial charge in [-0.15, -0.1) is 0 Å². The van der Waals surface area contributed by atoms with Crippen LogP contribution in [-0.4, -0.2) is 13.1 Å². The molecule has 1 aromatic rings. The second-order valence-electron chi connectivity index (χ2n) is 6.51. The van der Waals surface area contributed by atoms with E-state index in [-0.39, 0.29) is 0 Å². The highest BCUT2D eigenvalue weighted by molar-refractivity contribution is 5.21. The van der Waals surface area contributed by atoms with Crippen LogP contribution in [0, 0.1) is 16.7 Å². The Bertz CT molecular complexity index is 364. The Morgan fingerprint density at radius 1 is 1.06 bits per heavy atom. The highest BCUT2D eigenvalue weighted by Gasteiger charge is 2.66. The van der Waals surface area contributed by atoms with Gasteiger partial charge in [-0.2, -0.15) is 0 Å². The second kappa shape index (κ2) is 4.13. The van der Waals surface area contributed by atoms with Crippen molar-refractivity contribution in [3.63, 3.8) is 0 Å². The summed E-state index contributed by atoms with van der Waals surface area (Å²) in [6.45, 7) is 9.58. The average Bonchev–Trinajstić information content (AvgIpc) is 2.68. The number of hydrogen-bond donors (Lipinski definition) is 1. The number of nitrogens with one attached hydrogen (secondary N) is 1. The van der Waals surface area contributed by atoms with Gasteiger partial charge < -0.3 is 5.32 Å². The Labute approximate surface area is 106 Å². The highest BCUT2D eigenvalue weighted by Crippen LogP contribution is 2.69. The van der Waals surface area contributed by atoms with Crippen molar-refractivity contribution in [2.24, 2.45) is 16.7 Å². The summed E-state index contributed by atoms with van der Waals surface area (Å²) < 4.78 is 0. The number of benzene rings is 1. The minimum atomic E-state index is 0.454. The lowest BCUT2D eigenvalue weighted by Crippen LogP contribution is -2.32. The number of likely N-dealkylation sites (N-methyl/N-ethyl adjacent to an activating group) is 1. The first-order valence-corrected chi connectivity index (χ1v) is 6.62. The maximum atomic E-state index is 3.52. The zero-order valence-corrected chi connectivity index (χ0v) is 11.7. The van der Waals surface area contributed by atoms with Gasteiger partial charge in [-0.05, 0) is 35.8 Å². The normalized spacial score (nSPS) is 23.4. The van der Waals surface area contributed by atoms with Crippen LogP contribution in [0.15, 0.2) is 30.3 Å². The van der Waals surface area contributed by atoms with Crippen molar-refractivity contribution in [3.05, 3.63) is 35.9 Å². The maximum absolute atomic E-state index is 3.52. The number of rotatable bonds is 4. The fraction of sp³-hybridized carbons (Fsp3) is 0.625. The first-order valence-electron chi connectivity index (χ1n) is 6.62. The van der Waals surface area contributed by atoms with Gasteiger partial charge in [0, 0.05) is 6.04 Å². The molecule has 0 aromatic heterocycles. The van der Waals surface area contributed by atoms with E-state index in [0.717, 1.165) is 12.3 Å². The molecule has 1 saturated carbocycles. The van der Waals surface area contributed by atoms with E-state index in [9.17, 15) is 0 Å². The molecular weight excluding hydrogens is 206 g/mol. The molecule has 17 heavy (non-hydrogen) atoms. The molecule has 0 saturated heterocycles. The Hall–Kier alpha value is -0.820. The lowest BCUT2D eigenvalue weighted by molar-refractivity contribution is 0.421. The van der Waals surface area contributed by atoms with E-state index >= 15 is 0 Å². The Balaban J connectivity index is 2.10. The van der Waals surface area contributed by atoms with Gasteiger partial charge in [0.2, 0.25) is 0 Å². The van der Waals surface area contributed by atoms with Crippen LogP contribution in [0.3, 0.4) is 0 Å². The molecule has 1 nitrogen and oxygen atoms in total. The summed E-state index contributed by atoms with van der Waals surface area (Å²) in [6, 6.07) is 11.4. The van der Waals surface area contributed by atoms with Crippen LogP contribution in [0.1, 0.15) is 33.3 Å². The quantitative estimate of drug-likeness (QED) is 0.836. The second-order valence-corrected chi connectivity index (χ2v) is 6.51. The van der Waals surface area contributed by atoms with E-state index in [4.69, 9.17) is 0 Å². The Kier molecular flexibility index (Phi) is 3.07. The summed E-state index contributed by atoms with van der Waals surface area (Å²) in [6.07, 6.45) is 1.13. The van der Waals surface area contributed by atoms with Gasteiger partial charge in [0.15, 0.2) is 0 Å². The predicted molar refractivity (Wildman–Crippen MR) is 74.0 cm³/mol. The van der Waals surface area contributed by atoms with Crippen LogP contribution in [0.2, 0.25) is 0 Å². The van der Waals surface area contributed by atoms with Crippen molar-refractivity contribution in [2.45, 2.75) is 40.2 Å². The van der Waals surface area contributed by atoms with E-state index in [1.807, 2.05) is 0 Å². The van der Waals surface area contributed by atoms with Crippen molar-refractivity contribution in [3.8, 4) is 0 Å². The molecule has 1 aliphatic carbocycles. The lowest BCUT2D eigenvalue weighted by atomic mass is 9.97. The third kappa shape index (κ3) is 2.01. The van der Waals surface area contributed by atoms with E-state index in [0.29, 0.717) is 16.9 Å². The summed E-state index contributed by atoms with van der Waals surface area (Å²) >= 11 is 0. The van der Waals surface area contributed by atoms with Gasteiger partial charge in [-0.25, -0.2) is 0 Å². The minimum Gasteiger partial charge on any atom is -0.316 e. The molecule has 1 fully saturated rings. The van der Waals surface area contributed by atoms with Gasteiger partial charge in [0.1, 0.15) is 0 Å². The van der Waals surface area contributed by atoms with Crippen molar-refractivity contribution in [2.75, 3.05) is 7.05 Å². The van der Waals surface area contributed by atoms with Gasteiger partial charge >= 0.3 is 0 Å². The third-order valence-corrected chi connectivity index (χ3v) is 5.20. The lowest BCUT2D eigenvalue weighted by Gasteiger charge is -2.18. The zero-order valence-electron chi connectivity index (χ0n) is 11.7. The molecule has 0 bridgehead atoms. The van der Waals surface area contributed by atoms with Gasteiger partial charge in [-0.3, -0.25) is 0 Å². The monoisotopic (exact) mass is 231 g/mol. The molecule has 1 unspecified atom stereocenters. The standard InChI is InChI=1S/C16H25N/c1-15(2)14(16(15,3)4)13(17-5)11-12-9-7-6-8-10-12/h6-10,13-14,17H,11H2,1-5H3. The summed E-state index contributed by atoms with van der Waals surface area (Å²) in [5.74, 6) is 0.764. The summed E-state index contributed by atoms with van der Waals surface area (Å²) in [5.41, 5.74) is 2.34. The SMILES string of the molecule is CNC(Cc1ccccc1)C1C(C)(C)C1(C)C. The van der Waals surface area contributed by atoms with Crippen molar-refractivity contribution < 1.29 is 0 Å². The third-order valence-electron chi connectivity index (χ3n) is 5.20. The van der Waals surface area contributed by atoms with E-state index in [1.54, 1.807) is 0 Å². The average molecular weight is 231 g/mol. The molecule has 0 aliphatic heterocycles. The Morgan fingerprint density at radius 2 is 1.59 bits per heavy atom. The maximum Gasteiger partial charge on any atom is 0.0143 e. The molecule has 1 aromatic carbocycles. The van der Waals surface area contributed by atoms with Crippen LogP contribution < -0.4 is 5.32 Å². The van der Waals surface area contributed by atoms with E-state index < -0.39 is 0 Å². The van der Waals surface area contributed by atoms with Crippen LogP contribution in [0.25, 0.3) is 0 Å². The van der Waals surface area contributed by atoms with Crippen LogP contribution in [-0.2, 0) is 6.42 Å². The van der Waals surface area contributed by atoms with Crippen molar-refractivity contribution >= 4 is 0 Å².